The van der Waals surface area contributed by atoms with Gasteiger partial charge < -0.3 is 4.42 Å². The normalized spacial score (nSPS) is 9.00. The van der Waals surface area contributed by atoms with Crippen LogP contribution in [0.25, 0.3) is 11.1 Å². The Kier molecular flexibility index (Phi) is 7.68. The van der Waals surface area contributed by atoms with Crippen LogP contribution in [0.1, 0.15) is 57.8 Å². The van der Waals surface area contributed by atoms with Crippen molar-refractivity contribution in [3.05, 3.63) is 29.7 Å². The number of benzene rings is 1. The van der Waals surface area contributed by atoms with Crippen LogP contribution in [0.5, 0.6) is 0 Å². The summed E-state index contributed by atoms with van der Waals surface area (Å²) in [6, 6.07) is 5.31. The first-order valence-electron chi connectivity index (χ1n) is 6.61. The molecule has 0 aliphatic rings. The average molecular weight is 249 g/mol. The van der Waals surface area contributed by atoms with E-state index in [1.165, 1.54) is 0 Å². The molecule has 2 rings (SSSR count). The van der Waals surface area contributed by atoms with Gasteiger partial charge >= 0.3 is 0 Å². The zero-order valence-corrected chi connectivity index (χ0v) is 12.2. The van der Waals surface area contributed by atoms with Crippen LogP contribution in [0, 0.1) is 0 Å². The summed E-state index contributed by atoms with van der Waals surface area (Å²) in [6.07, 6.45) is 0.768. The van der Waals surface area contributed by atoms with E-state index >= 15 is 0 Å². The molecule has 0 spiro atoms. The van der Waals surface area contributed by atoms with Gasteiger partial charge in [0.15, 0.2) is 17.3 Å². The Labute approximate surface area is 109 Å². The first kappa shape index (κ1) is 16.4. The van der Waals surface area contributed by atoms with E-state index < -0.39 is 0 Å². The molecule has 1 aromatic carbocycles. The van der Waals surface area contributed by atoms with Crippen molar-refractivity contribution in [1.29, 1.82) is 0 Å². The molecule has 2 aromatic rings. The van der Waals surface area contributed by atoms with Crippen LogP contribution in [-0.2, 0) is 6.42 Å². The number of hydrogen-bond donors (Lipinski definition) is 0. The number of oxazole rings is 1. The summed E-state index contributed by atoms with van der Waals surface area (Å²) >= 11 is 0. The molecular formula is C15H23NO2. The number of Topliss-reactive ketones (excluding diaryl/α,β-unsaturated/α-hetero) is 1. The lowest BCUT2D eigenvalue weighted by Crippen LogP contribution is -1.90. The van der Waals surface area contributed by atoms with Gasteiger partial charge in [0.25, 0.3) is 0 Å². The Hall–Kier alpha value is -1.64. The van der Waals surface area contributed by atoms with E-state index in [1.54, 1.807) is 25.1 Å². The Balaban J connectivity index is 0.000000659. The van der Waals surface area contributed by atoms with Crippen LogP contribution < -0.4 is 0 Å². The molecule has 0 N–H and O–H groups in total. The highest BCUT2D eigenvalue weighted by Crippen LogP contribution is 2.17. The van der Waals surface area contributed by atoms with Gasteiger partial charge in [0.2, 0.25) is 0 Å². The van der Waals surface area contributed by atoms with Gasteiger partial charge in [-0.15, -0.1) is 0 Å². The van der Waals surface area contributed by atoms with Crippen LogP contribution in [0.4, 0.5) is 0 Å². The summed E-state index contributed by atoms with van der Waals surface area (Å²) < 4.78 is 5.43. The lowest BCUT2D eigenvalue weighted by atomic mass is 10.1. The predicted molar refractivity (Wildman–Crippen MR) is 76.1 cm³/mol. The second kappa shape index (κ2) is 8.45. The molecule has 0 aliphatic heterocycles. The van der Waals surface area contributed by atoms with Gasteiger partial charge in [0.05, 0.1) is 0 Å². The van der Waals surface area contributed by atoms with Gasteiger partial charge in [-0.1, -0.05) is 34.6 Å². The Morgan fingerprint density at radius 2 is 1.83 bits per heavy atom. The van der Waals surface area contributed by atoms with E-state index in [2.05, 4.69) is 4.98 Å². The number of hydrogen-bond acceptors (Lipinski definition) is 3. The standard InChI is InChI=1S/C11H11NO2.2C2H6/c1-3-11-12-9-6-8(7(2)13)4-5-10(9)14-11;2*1-2/h4-6H,3H2,1-2H3;2*1-2H3. The number of fused-ring (bicyclic) bond motifs is 1. The molecule has 0 radical (unpaired) electrons. The summed E-state index contributed by atoms with van der Waals surface area (Å²) in [4.78, 5) is 15.4. The van der Waals surface area contributed by atoms with E-state index in [4.69, 9.17) is 4.42 Å². The Bertz CT molecular complexity index is 486. The number of carbonyl (C=O) groups excluding carboxylic acids is 1. The maximum Gasteiger partial charge on any atom is 0.195 e. The van der Waals surface area contributed by atoms with Crippen molar-refractivity contribution >= 4 is 16.9 Å². The van der Waals surface area contributed by atoms with E-state index in [-0.39, 0.29) is 5.78 Å². The van der Waals surface area contributed by atoms with E-state index in [9.17, 15) is 4.79 Å². The SMILES string of the molecule is CC.CC.CCc1nc2cc(C(C)=O)ccc2o1. The van der Waals surface area contributed by atoms with Crippen LogP contribution >= 0.6 is 0 Å². The minimum Gasteiger partial charge on any atom is -0.441 e. The summed E-state index contributed by atoms with van der Waals surface area (Å²) in [6.45, 7) is 11.5. The molecule has 0 saturated carbocycles. The van der Waals surface area contributed by atoms with Gasteiger partial charge in [-0.05, 0) is 25.1 Å². The van der Waals surface area contributed by atoms with Gasteiger partial charge in [0, 0.05) is 12.0 Å². The highest BCUT2D eigenvalue weighted by Gasteiger charge is 2.06. The number of aryl methyl sites for hydroxylation is 1. The molecule has 100 valence electrons. The lowest BCUT2D eigenvalue weighted by Gasteiger charge is -1.92. The van der Waals surface area contributed by atoms with Crippen molar-refractivity contribution in [2.45, 2.75) is 48.0 Å². The monoisotopic (exact) mass is 249 g/mol. The molecule has 0 unspecified atom stereocenters. The molecule has 0 aliphatic carbocycles. The molecule has 1 heterocycles. The molecule has 3 nitrogen and oxygen atoms in total. The number of carbonyl (C=O) groups is 1. The molecule has 3 heteroatoms. The fraction of sp³-hybridized carbons (Fsp3) is 0.467. The summed E-state index contributed by atoms with van der Waals surface area (Å²) in [5, 5.41) is 0. The first-order valence-corrected chi connectivity index (χ1v) is 6.61. The average Bonchev–Trinajstić information content (AvgIpc) is 2.85. The zero-order chi connectivity index (χ0) is 14.1. The second-order valence-electron chi connectivity index (χ2n) is 3.20. The van der Waals surface area contributed by atoms with Crippen LogP contribution in [-0.4, -0.2) is 10.8 Å². The lowest BCUT2D eigenvalue weighted by molar-refractivity contribution is 0.101. The van der Waals surface area contributed by atoms with Crippen molar-refractivity contribution in [2.75, 3.05) is 0 Å². The summed E-state index contributed by atoms with van der Waals surface area (Å²) in [7, 11) is 0. The Morgan fingerprint density at radius 1 is 1.22 bits per heavy atom. The molecule has 0 atom stereocenters. The summed E-state index contributed by atoms with van der Waals surface area (Å²) in [5.74, 6) is 0.758. The zero-order valence-electron chi connectivity index (χ0n) is 12.2. The third kappa shape index (κ3) is 3.99. The number of aromatic nitrogens is 1. The van der Waals surface area contributed by atoms with Gasteiger partial charge in [-0.3, -0.25) is 4.79 Å². The fourth-order valence-electron chi connectivity index (χ4n) is 1.35. The van der Waals surface area contributed by atoms with Crippen LogP contribution in [0.3, 0.4) is 0 Å². The highest BCUT2D eigenvalue weighted by molar-refractivity contribution is 5.96. The third-order valence-electron chi connectivity index (χ3n) is 2.14. The maximum atomic E-state index is 11.1. The molecular weight excluding hydrogens is 226 g/mol. The highest BCUT2D eigenvalue weighted by atomic mass is 16.3. The van der Waals surface area contributed by atoms with Gasteiger partial charge in [-0.25, -0.2) is 4.98 Å². The molecule has 0 bridgehead atoms. The van der Waals surface area contributed by atoms with E-state index in [0.29, 0.717) is 11.5 Å². The largest absolute Gasteiger partial charge is 0.441 e. The van der Waals surface area contributed by atoms with E-state index in [1.807, 2.05) is 34.6 Å². The van der Waals surface area contributed by atoms with Crippen molar-refractivity contribution < 1.29 is 9.21 Å². The van der Waals surface area contributed by atoms with Crippen molar-refractivity contribution in [1.82, 2.24) is 4.98 Å². The number of ketones is 1. The predicted octanol–water partition coefficient (Wildman–Crippen LogP) is 4.65. The number of rotatable bonds is 2. The quantitative estimate of drug-likeness (QED) is 0.728. The topological polar surface area (TPSA) is 43.1 Å². The van der Waals surface area contributed by atoms with Gasteiger partial charge in [0.1, 0.15) is 5.52 Å². The maximum absolute atomic E-state index is 11.1. The first-order chi connectivity index (χ1) is 8.70. The third-order valence-corrected chi connectivity index (χ3v) is 2.14. The fourth-order valence-corrected chi connectivity index (χ4v) is 1.35. The minimum absolute atomic E-state index is 0.0490. The van der Waals surface area contributed by atoms with Crippen molar-refractivity contribution in [3.63, 3.8) is 0 Å². The summed E-state index contributed by atoms with van der Waals surface area (Å²) in [5.41, 5.74) is 2.18. The van der Waals surface area contributed by atoms with Gasteiger partial charge in [-0.2, -0.15) is 0 Å². The number of nitrogens with zero attached hydrogens (tertiary/aromatic N) is 1. The molecule has 1 aromatic heterocycles. The smallest absolute Gasteiger partial charge is 0.195 e. The van der Waals surface area contributed by atoms with Crippen molar-refractivity contribution in [2.24, 2.45) is 0 Å². The molecule has 18 heavy (non-hydrogen) atoms. The van der Waals surface area contributed by atoms with Crippen molar-refractivity contribution in [3.8, 4) is 0 Å². The van der Waals surface area contributed by atoms with E-state index in [0.717, 1.165) is 17.5 Å². The van der Waals surface area contributed by atoms with Crippen LogP contribution in [0.2, 0.25) is 0 Å². The Morgan fingerprint density at radius 3 is 2.33 bits per heavy atom. The molecule has 0 saturated heterocycles. The van der Waals surface area contributed by atoms with Crippen LogP contribution in [0.15, 0.2) is 22.6 Å². The molecule has 0 amide bonds. The molecule has 0 fully saturated rings. The second-order valence-corrected chi connectivity index (χ2v) is 3.20. The minimum atomic E-state index is 0.0490.